The van der Waals surface area contributed by atoms with Crippen LogP contribution in [0, 0.1) is 5.82 Å². The summed E-state index contributed by atoms with van der Waals surface area (Å²) in [4.78, 5) is 13.3. The predicted molar refractivity (Wildman–Crippen MR) is 54.5 cm³/mol. The predicted octanol–water partition coefficient (Wildman–Crippen LogP) is 2.56. The molecule has 1 aromatic rings. The van der Waals surface area contributed by atoms with E-state index in [4.69, 9.17) is 0 Å². The van der Waals surface area contributed by atoms with Crippen molar-refractivity contribution in [2.24, 2.45) is 0 Å². The highest BCUT2D eigenvalue weighted by Gasteiger charge is 2.29. The maximum Gasteiger partial charge on any atom is 0.257 e. The Bertz CT molecular complexity index is 405. The average molecular weight is 258 g/mol. The standard InChI is InChI=1S/C10H9BrFNO/c1-2-13-5-6-3-7(11)4-8(12)9(6)10(13)14/h3-4H,2,5H2,1H3. The molecule has 0 fully saturated rings. The van der Waals surface area contributed by atoms with Crippen molar-refractivity contribution in [3.05, 3.63) is 33.5 Å². The van der Waals surface area contributed by atoms with Crippen LogP contribution in [0.2, 0.25) is 0 Å². The number of benzene rings is 1. The molecule has 2 nitrogen and oxygen atoms in total. The zero-order chi connectivity index (χ0) is 10.3. The molecule has 0 radical (unpaired) electrons. The summed E-state index contributed by atoms with van der Waals surface area (Å²) in [5, 5.41) is 0. The Labute approximate surface area is 89.8 Å². The Hall–Kier alpha value is -0.900. The van der Waals surface area contributed by atoms with Crippen molar-refractivity contribution in [3.8, 4) is 0 Å². The third-order valence-corrected chi connectivity index (χ3v) is 2.84. The second-order valence-electron chi connectivity index (χ2n) is 3.24. The molecule has 0 spiro atoms. The summed E-state index contributed by atoms with van der Waals surface area (Å²) in [5.41, 5.74) is 0.999. The van der Waals surface area contributed by atoms with E-state index in [9.17, 15) is 9.18 Å². The highest BCUT2D eigenvalue weighted by molar-refractivity contribution is 9.10. The molecule has 0 saturated carbocycles. The molecule has 0 aliphatic carbocycles. The van der Waals surface area contributed by atoms with E-state index in [0.717, 1.165) is 5.56 Å². The Morgan fingerprint density at radius 3 is 2.93 bits per heavy atom. The van der Waals surface area contributed by atoms with Gasteiger partial charge in [-0.05, 0) is 24.6 Å². The van der Waals surface area contributed by atoms with Gasteiger partial charge >= 0.3 is 0 Å². The molecule has 0 saturated heterocycles. The summed E-state index contributed by atoms with van der Waals surface area (Å²) in [6.45, 7) is 3.02. The Balaban J connectivity index is 2.54. The molecule has 0 bridgehead atoms. The fraction of sp³-hybridized carbons (Fsp3) is 0.300. The van der Waals surface area contributed by atoms with Crippen molar-refractivity contribution >= 4 is 21.8 Å². The molecule has 1 amide bonds. The Morgan fingerprint density at radius 2 is 2.29 bits per heavy atom. The first-order valence-electron chi connectivity index (χ1n) is 4.40. The van der Waals surface area contributed by atoms with E-state index in [1.54, 1.807) is 11.0 Å². The van der Waals surface area contributed by atoms with Gasteiger partial charge in [0.25, 0.3) is 5.91 Å². The lowest BCUT2D eigenvalue weighted by Crippen LogP contribution is -2.23. The summed E-state index contributed by atoms with van der Waals surface area (Å²) >= 11 is 3.21. The molecule has 0 unspecified atom stereocenters. The number of carbonyl (C=O) groups excluding carboxylic acids is 1. The van der Waals surface area contributed by atoms with Gasteiger partial charge in [-0.25, -0.2) is 4.39 Å². The second-order valence-corrected chi connectivity index (χ2v) is 4.16. The molecule has 2 rings (SSSR count). The number of hydrogen-bond donors (Lipinski definition) is 0. The molecular weight excluding hydrogens is 249 g/mol. The van der Waals surface area contributed by atoms with E-state index >= 15 is 0 Å². The van der Waals surface area contributed by atoms with Crippen LogP contribution in [0.25, 0.3) is 0 Å². The van der Waals surface area contributed by atoms with Crippen LogP contribution in [0.5, 0.6) is 0 Å². The van der Waals surface area contributed by atoms with Gasteiger partial charge in [-0.3, -0.25) is 4.79 Å². The zero-order valence-corrected chi connectivity index (χ0v) is 9.27. The van der Waals surface area contributed by atoms with Crippen LogP contribution >= 0.6 is 15.9 Å². The summed E-state index contributed by atoms with van der Waals surface area (Å²) in [6, 6.07) is 3.13. The minimum Gasteiger partial charge on any atom is -0.334 e. The third-order valence-electron chi connectivity index (χ3n) is 2.38. The monoisotopic (exact) mass is 257 g/mol. The maximum absolute atomic E-state index is 13.4. The van der Waals surface area contributed by atoms with Crippen LogP contribution in [0.1, 0.15) is 22.8 Å². The number of fused-ring (bicyclic) bond motifs is 1. The molecule has 0 atom stereocenters. The molecule has 14 heavy (non-hydrogen) atoms. The van der Waals surface area contributed by atoms with Gasteiger partial charge in [-0.15, -0.1) is 0 Å². The lowest BCUT2D eigenvalue weighted by Gasteiger charge is -2.10. The molecule has 0 aromatic heterocycles. The van der Waals surface area contributed by atoms with Gasteiger partial charge in [0, 0.05) is 17.6 Å². The fourth-order valence-corrected chi connectivity index (χ4v) is 2.16. The second kappa shape index (κ2) is 3.35. The van der Waals surface area contributed by atoms with Gasteiger partial charge in [-0.2, -0.15) is 0 Å². The summed E-state index contributed by atoms with van der Waals surface area (Å²) in [7, 11) is 0. The van der Waals surface area contributed by atoms with Gasteiger partial charge in [-0.1, -0.05) is 15.9 Å². The first-order chi connectivity index (χ1) is 6.63. The van der Waals surface area contributed by atoms with E-state index in [-0.39, 0.29) is 11.5 Å². The Morgan fingerprint density at radius 1 is 1.57 bits per heavy atom. The maximum atomic E-state index is 13.4. The zero-order valence-electron chi connectivity index (χ0n) is 7.68. The minimum atomic E-state index is -0.435. The number of nitrogens with zero attached hydrogens (tertiary/aromatic N) is 1. The smallest absolute Gasteiger partial charge is 0.257 e. The number of hydrogen-bond acceptors (Lipinski definition) is 1. The molecule has 1 aromatic carbocycles. The van der Waals surface area contributed by atoms with Crippen molar-refractivity contribution in [2.75, 3.05) is 6.54 Å². The third kappa shape index (κ3) is 1.34. The van der Waals surface area contributed by atoms with E-state index in [0.29, 0.717) is 17.6 Å². The van der Waals surface area contributed by atoms with Gasteiger partial charge in [0.15, 0.2) is 0 Å². The van der Waals surface area contributed by atoms with Gasteiger partial charge < -0.3 is 4.90 Å². The van der Waals surface area contributed by atoms with Crippen molar-refractivity contribution in [2.45, 2.75) is 13.5 Å². The average Bonchev–Trinajstić information content (AvgIpc) is 2.42. The molecular formula is C10H9BrFNO. The summed E-state index contributed by atoms with van der Waals surface area (Å²) in [5.74, 6) is -0.636. The topological polar surface area (TPSA) is 20.3 Å². The first kappa shape index (κ1) is 9.65. The normalized spacial score (nSPS) is 14.8. The molecule has 1 aliphatic rings. The minimum absolute atomic E-state index is 0.201. The van der Waals surface area contributed by atoms with Crippen LogP contribution in [0.15, 0.2) is 16.6 Å². The largest absolute Gasteiger partial charge is 0.334 e. The van der Waals surface area contributed by atoms with Crippen molar-refractivity contribution < 1.29 is 9.18 Å². The van der Waals surface area contributed by atoms with Crippen LogP contribution in [0.4, 0.5) is 4.39 Å². The lowest BCUT2D eigenvalue weighted by atomic mass is 10.1. The first-order valence-corrected chi connectivity index (χ1v) is 5.20. The number of amides is 1. The molecule has 1 aliphatic heterocycles. The Kier molecular flexibility index (Phi) is 2.31. The number of rotatable bonds is 1. The fourth-order valence-electron chi connectivity index (χ4n) is 1.68. The molecule has 1 heterocycles. The summed E-state index contributed by atoms with van der Waals surface area (Å²) in [6.07, 6.45) is 0. The van der Waals surface area contributed by atoms with E-state index in [2.05, 4.69) is 15.9 Å². The van der Waals surface area contributed by atoms with Gasteiger partial charge in [0.1, 0.15) is 5.82 Å². The van der Waals surface area contributed by atoms with E-state index < -0.39 is 5.82 Å². The highest BCUT2D eigenvalue weighted by Crippen LogP contribution is 2.28. The van der Waals surface area contributed by atoms with Crippen molar-refractivity contribution in [1.29, 1.82) is 0 Å². The van der Waals surface area contributed by atoms with Gasteiger partial charge in [0.05, 0.1) is 5.56 Å². The van der Waals surface area contributed by atoms with E-state index in [1.807, 2.05) is 6.92 Å². The SMILES string of the molecule is CCN1Cc2cc(Br)cc(F)c2C1=O. The van der Waals surface area contributed by atoms with Gasteiger partial charge in [0.2, 0.25) is 0 Å². The van der Waals surface area contributed by atoms with Crippen LogP contribution < -0.4 is 0 Å². The number of halogens is 2. The van der Waals surface area contributed by atoms with Crippen LogP contribution in [-0.2, 0) is 6.54 Å². The quantitative estimate of drug-likeness (QED) is 0.758. The molecule has 0 N–H and O–H groups in total. The van der Waals surface area contributed by atoms with Crippen LogP contribution in [0.3, 0.4) is 0 Å². The lowest BCUT2D eigenvalue weighted by molar-refractivity contribution is 0.0784. The summed E-state index contributed by atoms with van der Waals surface area (Å²) < 4.78 is 14.1. The molecule has 4 heteroatoms. The highest BCUT2D eigenvalue weighted by atomic mass is 79.9. The molecule has 74 valence electrons. The van der Waals surface area contributed by atoms with Crippen LogP contribution in [-0.4, -0.2) is 17.4 Å². The van der Waals surface area contributed by atoms with Crippen molar-refractivity contribution in [3.63, 3.8) is 0 Å². The number of carbonyl (C=O) groups is 1. The van der Waals surface area contributed by atoms with Crippen molar-refractivity contribution in [1.82, 2.24) is 4.90 Å². The van der Waals surface area contributed by atoms with E-state index in [1.165, 1.54) is 6.07 Å².